The van der Waals surface area contributed by atoms with Gasteiger partial charge in [-0.25, -0.2) is 14.4 Å². The van der Waals surface area contributed by atoms with Crippen LogP contribution in [0.1, 0.15) is 31.1 Å². The summed E-state index contributed by atoms with van der Waals surface area (Å²) in [4.78, 5) is 49.7. The molecular weight excluding hydrogens is 440 g/mol. The van der Waals surface area contributed by atoms with Gasteiger partial charge in [-0.1, -0.05) is 54.6 Å². The number of rotatable bonds is 10. The number of esters is 3. The van der Waals surface area contributed by atoms with Gasteiger partial charge in [-0.15, -0.1) is 0 Å². The van der Waals surface area contributed by atoms with Crippen molar-refractivity contribution in [3.05, 3.63) is 108 Å². The summed E-state index contributed by atoms with van der Waals surface area (Å²) in [6.45, 7) is -0.807. The van der Waals surface area contributed by atoms with Gasteiger partial charge in [0.15, 0.2) is 24.6 Å². The second-order valence-corrected chi connectivity index (χ2v) is 7.10. The average Bonchev–Trinajstić information content (AvgIpc) is 2.90. The molecule has 0 aliphatic rings. The minimum atomic E-state index is -1.67. The molecule has 0 aliphatic heterocycles. The van der Waals surface area contributed by atoms with Crippen molar-refractivity contribution >= 4 is 24.2 Å². The quantitative estimate of drug-likeness (QED) is 0.278. The first-order valence-electron chi connectivity index (χ1n) is 10.4. The lowest BCUT2D eigenvalue weighted by molar-refractivity contribution is -0.131. The van der Waals surface area contributed by atoms with Crippen molar-refractivity contribution in [3.63, 3.8) is 0 Å². The summed E-state index contributed by atoms with van der Waals surface area (Å²) in [6.07, 6.45) is -4.53. The predicted octanol–water partition coefficient (Wildman–Crippen LogP) is 2.85. The number of aliphatic hydroxyl groups is 1. The number of aliphatic hydroxyl groups excluding tert-OH is 1. The van der Waals surface area contributed by atoms with Crippen molar-refractivity contribution in [2.24, 2.45) is 0 Å². The van der Waals surface area contributed by atoms with Crippen LogP contribution in [0.2, 0.25) is 0 Å². The highest BCUT2D eigenvalue weighted by Gasteiger charge is 2.38. The van der Waals surface area contributed by atoms with Crippen LogP contribution in [0.3, 0.4) is 0 Å². The zero-order valence-electron chi connectivity index (χ0n) is 18.0. The Labute approximate surface area is 195 Å². The van der Waals surface area contributed by atoms with E-state index in [0.717, 1.165) is 0 Å². The SMILES string of the molecule is O=C[C@@H](OC(=O)c1ccccc1)[C@@H](OC(=O)c1ccccc1)[C@@H](CO)OC(=O)c1ccccc1. The lowest BCUT2D eigenvalue weighted by Crippen LogP contribution is -2.48. The summed E-state index contributed by atoms with van der Waals surface area (Å²) >= 11 is 0. The van der Waals surface area contributed by atoms with Crippen molar-refractivity contribution < 1.29 is 38.5 Å². The van der Waals surface area contributed by atoms with Crippen molar-refractivity contribution in [3.8, 4) is 0 Å². The van der Waals surface area contributed by atoms with Gasteiger partial charge in [-0.2, -0.15) is 0 Å². The molecule has 8 nitrogen and oxygen atoms in total. The third-order valence-electron chi connectivity index (χ3n) is 4.78. The van der Waals surface area contributed by atoms with Crippen molar-refractivity contribution in [1.29, 1.82) is 0 Å². The summed E-state index contributed by atoms with van der Waals surface area (Å²) in [5.74, 6) is -2.54. The van der Waals surface area contributed by atoms with Crippen molar-refractivity contribution in [2.75, 3.05) is 6.61 Å². The lowest BCUT2D eigenvalue weighted by Gasteiger charge is -2.29. The molecule has 0 bridgehead atoms. The maximum Gasteiger partial charge on any atom is 0.338 e. The summed E-state index contributed by atoms with van der Waals surface area (Å²) < 4.78 is 16.0. The first kappa shape index (κ1) is 24.3. The molecule has 0 spiro atoms. The van der Waals surface area contributed by atoms with Crippen LogP contribution in [0.4, 0.5) is 0 Å². The Balaban J connectivity index is 1.87. The van der Waals surface area contributed by atoms with Crippen LogP contribution in [0.5, 0.6) is 0 Å². The van der Waals surface area contributed by atoms with Crippen LogP contribution in [-0.4, -0.2) is 54.2 Å². The summed E-state index contributed by atoms with van der Waals surface area (Å²) in [5, 5.41) is 9.95. The van der Waals surface area contributed by atoms with E-state index in [4.69, 9.17) is 14.2 Å². The van der Waals surface area contributed by atoms with E-state index < -0.39 is 42.8 Å². The molecule has 8 heteroatoms. The van der Waals surface area contributed by atoms with E-state index >= 15 is 0 Å². The van der Waals surface area contributed by atoms with E-state index in [-0.39, 0.29) is 23.0 Å². The third-order valence-corrected chi connectivity index (χ3v) is 4.78. The van der Waals surface area contributed by atoms with Crippen LogP contribution in [-0.2, 0) is 19.0 Å². The number of ether oxygens (including phenoxy) is 3. The molecule has 0 saturated carbocycles. The molecule has 0 saturated heterocycles. The van der Waals surface area contributed by atoms with Gasteiger partial charge < -0.3 is 19.3 Å². The van der Waals surface area contributed by atoms with Gasteiger partial charge >= 0.3 is 17.9 Å². The van der Waals surface area contributed by atoms with Crippen molar-refractivity contribution in [2.45, 2.75) is 18.3 Å². The number of carbonyl (C=O) groups is 4. The maximum absolute atomic E-state index is 12.7. The van der Waals surface area contributed by atoms with Crippen molar-refractivity contribution in [1.82, 2.24) is 0 Å². The second-order valence-electron chi connectivity index (χ2n) is 7.10. The van der Waals surface area contributed by atoms with Gasteiger partial charge in [0.25, 0.3) is 0 Å². The Kier molecular flexibility index (Phi) is 8.65. The molecule has 0 heterocycles. The van der Waals surface area contributed by atoms with E-state index in [2.05, 4.69) is 0 Å². The Morgan fingerprint density at radius 3 is 1.41 bits per heavy atom. The number of carbonyl (C=O) groups excluding carboxylic acids is 4. The van der Waals surface area contributed by atoms with Crippen LogP contribution in [0, 0.1) is 0 Å². The smallest absolute Gasteiger partial charge is 0.338 e. The van der Waals surface area contributed by atoms with Gasteiger partial charge in [-0.3, -0.25) is 4.79 Å². The Morgan fingerprint density at radius 1 is 0.647 bits per heavy atom. The largest absolute Gasteiger partial charge is 0.452 e. The second kappa shape index (κ2) is 12.1. The fraction of sp³-hybridized carbons (Fsp3) is 0.154. The van der Waals surface area contributed by atoms with Gasteiger partial charge in [0.05, 0.1) is 23.3 Å². The molecule has 0 fully saturated rings. The Bertz CT molecular complexity index is 1100. The van der Waals surface area contributed by atoms with Crippen LogP contribution >= 0.6 is 0 Å². The molecule has 34 heavy (non-hydrogen) atoms. The molecule has 174 valence electrons. The fourth-order valence-electron chi connectivity index (χ4n) is 3.05. The number of hydrogen-bond donors (Lipinski definition) is 1. The van der Waals surface area contributed by atoms with Gasteiger partial charge in [0.1, 0.15) is 0 Å². The summed E-state index contributed by atoms with van der Waals surface area (Å²) in [7, 11) is 0. The molecular formula is C26H22O8. The minimum Gasteiger partial charge on any atom is -0.452 e. The van der Waals surface area contributed by atoms with E-state index in [9.17, 15) is 24.3 Å². The highest BCUT2D eigenvalue weighted by atomic mass is 16.6. The monoisotopic (exact) mass is 462 g/mol. The third kappa shape index (κ3) is 6.36. The molecule has 0 unspecified atom stereocenters. The average molecular weight is 462 g/mol. The molecule has 1 N–H and O–H groups in total. The van der Waals surface area contributed by atoms with Crippen LogP contribution in [0.15, 0.2) is 91.0 Å². The molecule has 3 aromatic carbocycles. The lowest BCUT2D eigenvalue weighted by atomic mass is 10.1. The molecule has 0 amide bonds. The Hall–Kier alpha value is -4.30. The molecule has 3 aromatic rings. The number of benzene rings is 3. The summed E-state index contributed by atoms with van der Waals surface area (Å²) in [5.41, 5.74) is 0.486. The zero-order chi connectivity index (χ0) is 24.3. The maximum atomic E-state index is 12.7. The van der Waals surface area contributed by atoms with E-state index in [1.807, 2.05) is 0 Å². The topological polar surface area (TPSA) is 116 Å². The standard InChI is InChI=1S/C26H22O8/c27-16-21(32-24(29)18-10-4-1-5-11-18)23(34-26(31)20-14-8-3-9-15-20)22(17-28)33-25(30)19-12-6-2-7-13-19/h1-16,21-23,28H,17H2/t21-,22-,23-/m1/s1. The normalized spacial score (nSPS) is 13.1. The molecule has 0 aromatic heterocycles. The highest BCUT2D eigenvalue weighted by Crippen LogP contribution is 2.18. The first-order valence-corrected chi connectivity index (χ1v) is 10.4. The fourth-order valence-corrected chi connectivity index (χ4v) is 3.05. The van der Waals surface area contributed by atoms with Gasteiger partial charge in [-0.05, 0) is 36.4 Å². The molecule has 3 rings (SSSR count). The molecule has 0 radical (unpaired) electrons. The Morgan fingerprint density at radius 2 is 1.03 bits per heavy atom. The van der Waals surface area contributed by atoms with E-state index in [0.29, 0.717) is 0 Å². The first-order chi connectivity index (χ1) is 16.5. The van der Waals surface area contributed by atoms with Crippen LogP contribution in [0.25, 0.3) is 0 Å². The van der Waals surface area contributed by atoms with E-state index in [1.165, 1.54) is 36.4 Å². The minimum absolute atomic E-state index is 0.151. The molecule has 0 aliphatic carbocycles. The highest BCUT2D eigenvalue weighted by molar-refractivity contribution is 5.92. The summed E-state index contributed by atoms with van der Waals surface area (Å²) in [6, 6.07) is 23.7. The van der Waals surface area contributed by atoms with Gasteiger partial charge in [0.2, 0.25) is 0 Å². The van der Waals surface area contributed by atoms with Gasteiger partial charge in [0, 0.05) is 0 Å². The zero-order valence-corrected chi connectivity index (χ0v) is 18.0. The van der Waals surface area contributed by atoms with E-state index in [1.54, 1.807) is 54.6 Å². The number of hydrogen-bond acceptors (Lipinski definition) is 8. The number of aldehydes is 1. The van der Waals surface area contributed by atoms with Crippen LogP contribution < -0.4 is 0 Å². The predicted molar refractivity (Wildman–Crippen MR) is 120 cm³/mol. The molecule has 3 atom stereocenters.